The van der Waals surface area contributed by atoms with Crippen LogP contribution in [0.15, 0.2) is 24.3 Å². The molecule has 6 heteroatoms. The Bertz CT molecular complexity index is 655. The number of hydrogen-bond acceptors (Lipinski definition) is 4. The molecular formula is C22H35N3O3. The summed E-state index contributed by atoms with van der Waals surface area (Å²) in [5.74, 6) is -0.0859. The summed E-state index contributed by atoms with van der Waals surface area (Å²) in [6.45, 7) is 10.5. The van der Waals surface area contributed by atoms with Crippen molar-refractivity contribution < 1.29 is 14.3 Å². The average molecular weight is 390 g/mol. The Hall–Kier alpha value is -2.08. The van der Waals surface area contributed by atoms with Gasteiger partial charge >= 0.3 is 6.09 Å². The van der Waals surface area contributed by atoms with E-state index in [1.165, 1.54) is 24.8 Å². The molecule has 2 N–H and O–H groups in total. The molecule has 1 fully saturated rings. The highest BCUT2D eigenvalue weighted by Gasteiger charge is 2.19. The maximum Gasteiger partial charge on any atom is 0.407 e. The fraction of sp³-hybridized carbons (Fsp3) is 0.636. The van der Waals surface area contributed by atoms with Gasteiger partial charge in [0.1, 0.15) is 5.60 Å². The van der Waals surface area contributed by atoms with E-state index in [0.29, 0.717) is 12.6 Å². The van der Waals surface area contributed by atoms with Crippen LogP contribution in [-0.4, -0.2) is 41.6 Å². The van der Waals surface area contributed by atoms with E-state index >= 15 is 0 Å². The fourth-order valence-electron chi connectivity index (χ4n) is 3.37. The molecule has 0 aromatic heterocycles. The van der Waals surface area contributed by atoms with Crippen molar-refractivity contribution >= 4 is 12.0 Å². The van der Waals surface area contributed by atoms with E-state index < -0.39 is 11.7 Å². The number of ether oxygens (including phenoxy) is 1. The van der Waals surface area contributed by atoms with Crippen molar-refractivity contribution in [1.29, 1.82) is 0 Å². The van der Waals surface area contributed by atoms with Crippen molar-refractivity contribution in [3.8, 4) is 0 Å². The topological polar surface area (TPSA) is 70.7 Å². The van der Waals surface area contributed by atoms with Crippen molar-refractivity contribution in [2.75, 3.05) is 13.1 Å². The van der Waals surface area contributed by atoms with Gasteiger partial charge in [-0.1, -0.05) is 30.7 Å². The summed E-state index contributed by atoms with van der Waals surface area (Å²) in [4.78, 5) is 26.3. The van der Waals surface area contributed by atoms with E-state index in [1.54, 1.807) is 20.8 Å². The summed E-state index contributed by atoms with van der Waals surface area (Å²) in [6, 6.07) is 8.89. The summed E-state index contributed by atoms with van der Waals surface area (Å²) >= 11 is 0. The molecule has 1 saturated heterocycles. The molecule has 0 radical (unpaired) electrons. The Labute approximate surface area is 169 Å². The first-order valence-corrected chi connectivity index (χ1v) is 10.3. The van der Waals surface area contributed by atoms with Crippen molar-refractivity contribution in [3.63, 3.8) is 0 Å². The molecule has 1 aliphatic heterocycles. The summed E-state index contributed by atoms with van der Waals surface area (Å²) in [6.07, 6.45) is 3.55. The normalized spacial score (nSPS) is 17.8. The minimum absolute atomic E-state index is 0.0859. The number of rotatable bonds is 7. The highest BCUT2D eigenvalue weighted by atomic mass is 16.6. The second-order valence-corrected chi connectivity index (χ2v) is 8.54. The lowest BCUT2D eigenvalue weighted by Gasteiger charge is -2.33. The third-order valence-electron chi connectivity index (χ3n) is 4.93. The fourth-order valence-corrected chi connectivity index (χ4v) is 3.37. The lowest BCUT2D eigenvalue weighted by Crippen LogP contribution is -2.37. The van der Waals surface area contributed by atoms with Crippen molar-refractivity contribution in [2.24, 2.45) is 0 Å². The lowest BCUT2D eigenvalue weighted by atomic mass is 10.0. The van der Waals surface area contributed by atoms with Gasteiger partial charge in [-0.2, -0.15) is 0 Å². The van der Waals surface area contributed by atoms with Gasteiger partial charge in [0, 0.05) is 32.1 Å². The molecule has 0 saturated carbocycles. The second-order valence-electron chi connectivity index (χ2n) is 8.54. The number of nitrogens with zero attached hydrogens (tertiary/aromatic N) is 1. The van der Waals surface area contributed by atoms with Gasteiger partial charge in [0.25, 0.3) is 0 Å². The average Bonchev–Trinajstić information content (AvgIpc) is 2.61. The number of carbonyl (C=O) groups is 2. The molecule has 2 rings (SSSR count). The van der Waals surface area contributed by atoms with Crippen molar-refractivity contribution in [3.05, 3.63) is 35.4 Å². The number of alkyl carbamates (subject to hydrolysis) is 1. The second kappa shape index (κ2) is 10.5. The molecule has 1 heterocycles. The molecule has 156 valence electrons. The summed E-state index contributed by atoms with van der Waals surface area (Å²) < 4.78 is 5.16. The first-order chi connectivity index (χ1) is 13.2. The Morgan fingerprint density at radius 1 is 1.14 bits per heavy atom. The Kier molecular flexibility index (Phi) is 8.30. The van der Waals surface area contributed by atoms with Crippen molar-refractivity contribution in [2.45, 2.75) is 78.1 Å². The summed E-state index contributed by atoms with van der Waals surface area (Å²) in [5.41, 5.74) is 1.87. The molecule has 0 bridgehead atoms. The molecular weight excluding hydrogens is 354 g/mol. The first kappa shape index (κ1) is 22.2. The summed E-state index contributed by atoms with van der Waals surface area (Å²) in [5, 5.41) is 5.57. The molecule has 2 amide bonds. The highest BCUT2D eigenvalue weighted by Crippen LogP contribution is 2.20. The molecule has 1 aliphatic rings. The Balaban J connectivity index is 1.77. The van der Waals surface area contributed by atoms with Crippen molar-refractivity contribution in [1.82, 2.24) is 15.5 Å². The number of nitrogens with one attached hydrogen (secondary N) is 2. The monoisotopic (exact) mass is 389 g/mol. The van der Waals surface area contributed by atoms with E-state index in [9.17, 15) is 9.59 Å². The minimum Gasteiger partial charge on any atom is -0.444 e. The Morgan fingerprint density at radius 3 is 2.54 bits per heavy atom. The standard InChI is InChI=1S/C22H35N3O3/c1-17-9-7-8-14-25(17)16-19-11-6-5-10-18(19)15-24-20(26)12-13-23-21(27)28-22(2,3)4/h5-6,10-11,17H,7-9,12-16H2,1-4H3,(H,23,27)(H,24,26). The molecule has 6 nitrogen and oxygen atoms in total. The smallest absolute Gasteiger partial charge is 0.407 e. The number of hydrogen-bond donors (Lipinski definition) is 2. The minimum atomic E-state index is -0.540. The zero-order chi connectivity index (χ0) is 20.6. The first-order valence-electron chi connectivity index (χ1n) is 10.3. The van der Waals surface area contributed by atoms with E-state index in [-0.39, 0.29) is 18.9 Å². The van der Waals surface area contributed by atoms with Gasteiger partial charge < -0.3 is 15.4 Å². The van der Waals surface area contributed by atoms with Crippen LogP contribution in [0.25, 0.3) is 0 Å². The van der Waals surface area contributed by atoms with E-state index in [1.807, 2.05) is 6.07 Å². The third kappa shape index (κ3) is 7.89. The maximum atomic E-state index is 12.1. The predicted molar refractivity (Wildman–Crippen MR) is 111 cm³/mol. The van der Waals surface area contributed by atoms with Crippen LogP contribution in [0.1, 0.15) is 64.5 Å². The van der Waals surface area contributed by atoms with Crippen LogP contribution in [0.3, 0.4) is 0 Å². The number of benzene rings is 1. The van der Waals surface area contributed by atoms with Gasteiger partial charge in [-0.15, -0.1) is 0 Å². The molecule has 1 unspecified atom stereocenters. The number of carbonyl (C=O) groups excluding carboxylic acids is 2. The van der Waals surface area contributed by atoms with Gasteiger partial charge in [0.15, 0.2) is 0 Å². The molecule has 28 heavy (non-hydrogen) atoms. The Morgan fingerprint density at radius 2 is 1.86 bits per heavy atom. The largest absolute Gasteiger partial charge is 0.444 e. The van der Waals surface area contributed by atoms with Gasteiger partial charge in [-0.25, -0.2) is 4.79 Å². The summed E-state index contributed by atoms with van der Waals surface area (Å²) in [7, 11) is 0. The molecule has 1 aromatic carbocycles. The van der Waals surface area contributed by atoms with Gasteiger partial charge in [-0.05, 0) is 58.2 Å². The number of likely N-dealkylation sites (tertiary alicyclic amines) is 1. The van der Waals surface area contributed by atoms with Crippen LogP contribution in [-0.2, 0) is 22.6 Å². The molecule has 0 aliphatic carbocycles. The van der Waals surface area contributed by atoms with E-state index in [0.717, 1.165) is 18.7 Å². The molecule has 1 aromatic rings. The highest BCUT2D eigenvalue weighted by molar-refractivity contribution is 5.77. The number of amides is 2. The maximum absolute atomic E-state index is 12.1. The zero-order valence-corrected chi connectivity index (χ0v) is 17.7. The molecule has 0 spiro atoms. The SMILES string of the molecule is CC1CCCCN1Cc1ccccc1CNC(=O)CCNC(=O)OC(C)(C)C. The van der Waals surface area contributed by atoms with Gasteiger partial charge in [0.2, 0.25) is 5.91 Å². The molecule has 1 atom stereocenters. The number of piperidine rings is 1. The van der Waals surface area contributed by atoms with E-state index in [4.69, 9.17) is 4.74 Å². The quantitative estimate of drug-likeness (QED) is 0.748. The lowest BCUT2D eigenvalue weighted by molar-refractivity contribution is -0.121. The van der Waals surface area contributed by atoms with E-state index in [2.05, 4.69) is 40.7 Å². The van der Waals surface area contributed by atoms with Gasteiger partial charge in [0.05, 0.1) is 0 Å². The zero-order valence-electron chi connectivity index (χ0n) is 17.7. The van der Waals surface area contributed by atoms with Gasteiger partial charge in [-0.3, -0.25) is 9.69 Å². The van der Waals surface area contributed by atoms with Crippen LogP contribution in [0, 0.1) is 0 Å². The van der Waals surface area contributed by atoms with Crippen LogP contribution in [0.4, 0.5) is 4.79 Å². The van der Waals surface area contributed by atoms with Crippen LogP contribution < -0.4 is 10.6 Å². The predicted octanol–water partition coefficient (Wildman–Crippen LogP) is 3.59. The third-order valence-corrected chi connectivity index (χ3v) is 4.93. The van der Waals surface area contributed by atoms with Crippen LogP contribution in [0.2, 0.25) is 0 Å². The van der Waals surface area contributed by atoms with Crippen LogP contribution in [0.5, 0.6) is 0 Å². The van der Waals surface area contributed by atoms with Crippen LogP contribution >= 0.6 is 0 Å².